The second kappa shape index (κ2) is 7.47. The van der Waals surface area contributed by atoms with Gasteiger partial charge in [0.05, 0.1) is 4.90 Å². The van der Waals surface area contributed by atoms with Gasteiger partial charge in [0, 0.05) is 18.8 Å². The predicted molar refractivity (Wildman–Crippen MR) is 76.7 cm³/mol. The van der Waals surface area contributed by atoms with Crippen LogP contribution in [0.3, 0.4) is 0 Å². The zero-order chi connectivity index (χ0) is 14.3. The highest BCUT2D eigenvalue weighted by Gasteiger charge is 2.10. The Bertz CT molecular complexity index is 471. The van der Waals surface area contributed by atoms with Gasteiger partial charge in [0.15, 0.2) is 0 Å². The van der Waals surface area contributed by atoms with Gasteiger partial charge in [0.1, 0.15) is 0 Å². The Labute approximate surface area is 115 Å². The Morgan fingerprint density at radius 1 is 1.26 bits per heavy atom. The maximum atomic E-state index is 11.6. The van der Waals surface area contributed by atoms with Crippen molar-refractivity contribution in [1.29, 1.82) is 0 Å². The van der Waals surface area contributed by atoms with Crippen molar-refractivity contribution in [2.24, 2.45) is 5.92 Å². The first-order valence-corrected chi connectivity index (χ1v) is 7.90. The molecule has 6 heteroatoms. The predicted octanol–water partition coefficient (Wildman–Crippen LogP) is 1.42. The van der Waals surface area contributed by atoms with Crippen molar-refractivity contribution in [3.05, 3.63) is 24.3 Å². The minimum Gasteiger partial charge on any atom is -0.396 e. The van der Waals surface area contributed by atoms with Gasteiger partial charge in [0.25, 0.3) is 0 Å². The summed E-state index contributed by atoms with van der Waals surface area (Å²) in [6, 6.07) is 6.63. The first-order chi connectivity index (χ1) is 9.03. The maximum Gasteiger partial charge on any atom is 0.240 e. The van der Waals surface area contributed by atoms with Crippen molar-refractivity contribution in [1.82, 2.24) is 4.72 Å². The van der Waals surface area contributed by atoms with Crippen molar-refractivity contribution < 1.29 is 13.5 Å². The number of benzene rings is 1. The summed E-state index contributed by atoms with van der Waals surface area (Å²) >= 11 is 0. The highest BCUT2D eigenvalue weighted by molar-refractivity contribution is 7.89. The fourth-order valence-electron chi connectivity index (χ4n) is 1.77. The Kier molecular flexibility index (Phi) is 6.27. The normalized spacial score (nSPS) is 13.2. The smallest absolute Gasteiger partial charge is 0.240 e. The molecule has 0 heterocycles. The van der Waals surface area contributed by atoms with Crippen molar-refractivity contribution in [2.75, 3.05) is 25.5 Å². The van der Waals surface area contributed by atoms with Gasteiger partial charge in [-0.1, -0.05) is 13.3 Å². The molecule has 0 aromatic heterocycles. The Balaban J connectivity index is 2.62. The van der Waals surface area contributed by atoms with Crippen LogP contribution in [0.1, 0.15) is 19.8 Å². The number of sulfonamides is 1. The van der Waals surface area contributed by atoms with E-state index in [9.17, 15) is 8.42 Å². The van der Waals surface area contributed by atoms with E-state index in [1.54, 1.807) is 24.3 Å². The zero-order valence-corrected chi connectivity index (χ0v) is 12.2. The molecule has 1 aromatic carbocycles. The van der Waals surface area contributed by atoms with Crippen LogP contribution < -0.4 is 10.0 Å². The lowest BCUT2D eigenvalue weighted by Gasteiger charge is -2.15. The van der Waals surface area contributed by atoms with Crippen molar-refractivity contribution >= 4 is 15.7 Å². The molecule has 1 unspecified atom stereocenters. The summed E-state index contributed by atoms with van der Waals surface area (Å²) in [5.41, 5.74) is 0.881. The first-order valence-electron chi connectivity index (χ1n) is 6.41. The molecule has 0 saturated heterocycles. The molecular formula is C13H22N2O3S. The van der Waals surface area contributed by atoms with Gasteiger partial charge in [-0.3, -0.25) is 0 Å². The summed E-state index contributed by atoms with van der Waals surface area (Å²) in [6.07, 6.45) is 1.77. The molecule has 1 atom stereocenters. The van der Waals surface area contributed by atoms with Crippen LogP contribution in [0.2, 0.25) is 0 Å². The van der Waals surface area contributed by atoms with E-state index in [1.165, 1.54) is 7.05 Å². The van der Waals surface area contributed by atoms with Gasteiger partial charge in [-0.15, -0.1) is 0 Å². The molecule has 0 spiro atoms. The van der Waals surface area contributed by atoms with Crippen LogP contribution in [0.5, 0.6) is 0 Å². The number of rotatable bonds is 8. The fraction of sp³-hybridized carbons (Fsp3) is 0.538. The fourth-order valence-corrected chi connectivity index (χ4v) is 2.50. The van der Waals surface area contributed by atoms with Crippen LogP contribution in [0.15, 0.2) is 29.2 Å². The van der Waals surface area contributed by atoms with E-state index in [0.717, 1.165) is 25.1 Å². The summed E-state index contributed by atoms with van der Waals surface area (Å²) in [4.78, 5) is 0.253. The topological polar surface area (TPSA) is 78.4 Å². The van der Waals surface area contributed by atoms with Crippen LogP contribution in [-0.4, -0.2) is 33.7 Å². The molecule has 0 saturated carbocycles. The van der Waals surface area contributed by atoms with Crippen LogP contribution in [-0.2, 0) is 10.0 Å². The second-order valence-electron chi connectivity index (χ2n) is 4.40. The monoisotopic (exact) mass is 286 g/mol. The third kappa shape index (κ3) is 4.81. The quantitative estimate of drug-likeness (QED) is 0.675. The Morgan fingerprint density at radius 3 is 2.37 bits per heavy atom. The summed E-state index contributed by atoms with van der Waals surface area (Å²) in [7, 11) is -1.98. The SMILES string of the molecule is CCC(CCO)CNc1ccc(S(=O)(=O)NC)cc1. The molecule has 0 aliphatic heterocycles. The molecule has 0 aliphatic rings. The first kappa shape index (κ1) is 15.9. The van der Waals surface area contributed by atoms with Gasteiger partial charge >= 0.3 is 0 Å². The molecule has 0 fully saturated rings. The van der Waals surface area contributed by atoms with Crippen LogP contribution in [0, 0.1) is 5.92 Å². The van der Waals surface area contributed by atoms with E-state index in [0.29, 0.717) is 5.92 Å². The average Bonchev–Trinajstić information content (AvgIpc) is 2.44. The maximum absolute atomic E-state index is 11.6. The zero-order valence-electron chi connectivity index (χ0n) is 11.4. The number of aliphatic hydroxyl groups excluding tert-OH is 1. The molecule has 108 valence electrons. The summed E-state index contributed by atoms with van der Waals surface area (Å²) in [6.45, 7) is 3.05. The lowest BCUT2D eigenvalue weighted by atomic mass is 10.0. The Hall–Kier alpha value is -1.11. The van der Waals surface area contributed by atoms with Gasteiger partial charge in [-0.05, 0) is 43.7 Å². The lowest BCUT2D eigenvalue weighted by Crippen LogP contribution is -2.18. The van der Waals surface area contributed by atoms with Crippen molar-refractivity contribution in [2.45, 2.75) is 24.7 Å². The average molecular weight is 286 g/mol. The highest BCUT2D eigenvalue weighted by Crippen LogP contribution is 2.15. The third-order valence-corrected chi connectivity index (χ3v) is 4.57. The summed E-state index contributed by atoms with van der Waals surface area (Å²) in [5.74, 6) is 0.422. The molecule has 19 heavy (non-hydrogen) atoms. The number of hydrogen-bond acceptors (Lipinski definition) is 4. The number of anilines is 1. The number of hydrogen-bond donors (Lipinski definition) is 3. The largest absolute Gasteiger partial charge is 0.396 e. The number of nitrogens with one attached hydrogen (secondary N) is 2. The molecular weight excluding hydrogens is 264 g/mol. The molecule has 0 radical (unpaired) electrons. The molecule has 1 rings (SSSR count). The summed E-state index contributed by atoms with van der Waals surface area (Å²) in [5, 5.41) is 12.2. The lowest BCUT2D eigenvalue weighted by molar-refractivity contribution is 0.258. The van der Waals surface area contributed by atoms with E-state index in [4.69, 9.17) is 5.11 Å². The summed E-state index contributed by atoms with van der Waals surface area (Å²) < 4.78 is 25.4. The van der Waals surface area contributed by atoms with Gasteiger partial charge in [-0.2, -0.15) is 0 Å². The third-order valence-electron chi connectivity index (χ3n) is 3.14. The minimum atomic E-state index is -3.37. The molecule has 1 aromatic rings. The molecule has 0 amide bonds. The van der Waals surface area contributed by atoms with Gasteiger partial charge in [0.2, 0.25) is 10.0 Å². The second-order valence-corrected chi connectivity index (χ2v) is 6.29. The van der Waals surface area contributed by atoms with Crippen LogP contribution >= 0.6 is 0 Å². The van der Waals surface area contributed by atoms with E-state index in [1.807, 2.05) is 0 Å². The van der Waals surface area contributed by atoms with E-state index in [2.05, 4.69) is 17.0 Å². The van der Waals surface area contributed by atoms with Gasteiger partial charge in [-0.25, -0.2) is 13.1 Å². The molecule has 0 aliphatic carbocycles. The molecule has 3 N–H and O–H groups in total. The van der Waals surface area contributed by atoms with E-state index < -0.39 is 10.0 Å². The number of aliphatic hydroxyl groups is 1. The Morgan fingerprint density at radius 2 is 1.89 bits per heavy atom. The van der Waals surface area contributed by atoms with Gasteiger partial charge < -0.3 is 10.4 Å². The van der Waals surface area contributed by atoms with Crippen molar-refractivity contribution in [3.63, 3.8) is 0 Å². The highest BCUT2D eigenvalue weighted by atomic mass is 32.2. The molecule has 0 bridgehead atoms. The minimum absolute atomic E-state index is 0.194. The van der Waals surface area contributed by atoms with E-state index in [-0.39, 0.29) is 11.5 Å². The molecule has 5 nitrogen and oxygen atoms in total. The van der Waals surface area contributed by atoms with E-state index >= 15 is 0 Å². The standard InChI is InChI=1S/C13H22N2O3S/c1-3-11(8-9-16)10-15-12-4-6-13(7-5-12)19(17,18)14-2/h4-7,11,14-16H,3,8-10H2,1-2H3. The van der Waals surface area contributed by atoms with Crippen LogP contribution in [0.25, 0.3) is 0 Å². The van der Waals surface area contributed by atoms with Crippen molar-refractivity contribution in [3.8, 4) is 0 Å². The van der Waals surface area contributed by atoms with Crippen LogP contribution in [0.4, 0.5) is 5.69 Å².